The van der Waals surface area contributed by atoms with Gasteiger partial charge in [0.1, 0.15) is 5.82 Å². The average molecular weight is 513 g/mol. The maximum absolute atomic E-state index is 14.7. The summed E-state index contributed by atoms with van der Waals surface area (Å²) in [6.07, 6.45) is 9.79. The van der Waals surface area contributed by atoms with Crippen LogP contribution in [0, 0.1) is 18.6 Å². The summed E-state index contributed by atoms with van der Waals surface area (Å²) in [5.41, 5.74) is 5.28. The van der Waals surface area contributed by atoms with Crippen molar-refractivity contribution in [3.8, 4) is 0 Å². The molecule has 0 aliphatic heterocycles. The van der Waals surface area contributed by atoms with Gasteiger partial charge in [-0.3, -0.25) is 4.68 Å². The van der Waals surface area contributed by atoms with E-state index in [9.17, 15) is 8.78 Å². The Balaban J connectivity index is 0.00000112. The van der Waals surface area contributed by atoms with Gasteiger partial charge in [-0.15, -0.1) is 0 Å². The molecule has 37 heavy (non-hydrogen) atoms. The number of aromatic nitrogens is 4. The van der Waals surface area contributed by atoms with Gasteiger partial charge in [0.25, 0.3) is 0 Å². The minimum absolute atomic E-state index is 0.440. The Morgan fingerprint density at radius 1 is 1.16 bits per heavy atom. The van der Waals surface area contributed by atoms with Crippen molar-refractivity contribution in [2.75, 3.05) is 34.2 Å². The molecule has 0 spiro atoms. The van der Waals surface area contributed by atoms with Crippen molar-refractivity contribution in [2.45, 2.75) is 39.5 Å². The summed E-state index contributed by atoms with van der Waals surface area (Å²) in [6.45, 7) is 10.1. The highest BCUT2D eigenvalue weighted by Gasteiger charge is 2.17. The molecule has 0 amide bonds. The molecule has 0 radical (unpaired) electrons. The van der Waals surface area contributed by atoms with Crippen LogP contribution in [0.4, 0.5) is 8.78 Å². The molecule has 2 aromatic heterocycles. The van der Waals surface area contributed by atoms with Crippen LogP contribution >= 0.6 is 0 Å². The zero-order chi connectivity index (χ0) is 27.5. The summed E-state index contributed by atoms with van der Waals surface area (Å²) in [6, 6.07) is 2.88. The number of halogens is 2. The summed E-state index contributed by atoms with van der Waals surface area (Å²) < 4.78 is 32.5. The Bertz CT molecular complexity index is 1190. The minimum Gasteiger partial charge on any atom is -0.335 e. The molecule has 0 fully saturated rings. The fourth-order valence-corrected chi connectivity index (χ4v) is 4.06. The number of aryl methyl sites for hydroxylation is 2. The molecule has 1 N–H and O–H groups in total. The third-order valence-corrected chi connectivity index (χ3v) is 6.26. The third kappa shape index (κ3) is 8.47. The lowest BCUT2D eigenvalue weighted by atomic mass is 9.95. The van der Waals surface area contributed by atoms with Gasteiger partial charge in [0.2, 0.25) is 0 Å². The van der Waals surface area contributed by atoms with E-state index in [0.717, 1.165) is 46.9 Å². The van der Waals surface area contributed by atoms with E-state index < -0.39 is 11.6 Å². The summed E-state index contributed by atoms with van der Waals surface area (Å²) >= 11 is 0. The van der Waals surface area contributed by atoms with Crippen LogP contribution in [0.1, 0.15) is 47.2 Å². The van der Waals surface area contributed by atoms with Crippen molar-refractivity contribution in [3.05, 3.63) is 82.7 Å². The molecular weight excluding hydrogens is 470 g/mol. The van der Waals surface area contributed by atoms with Crippen molar-refractivity contribution in [2.24, 2.45) is 14.1 Å². The lowest BCUT2D eigenvalue weighted by Gasteiger charge is -2.13. The van der Waals surface area contributed by atoms with Gasteiger partial charge in [-0.05, 0) is 89.1 Å². The van der Waals surface area contributed by atoms with Gasteiger partial charge in [0, 0.05) is 44.3 Å². The van der Waals surface area contributed by atoms with Crippen LogP contribution in [-0.4, -0.2) is 58.5 Å². The zero-order valence-electron chi connectivity index (χ0n) is 23.4. The van der Waals surface area contributed by atoms with Gasteiger partial charge in [-0.2, -0.15) is 5.10 Å². The standard InChI is InChI=1S/C26H33F2N5.C3H9N/c1-18(17-31(3)4)26-21(19(2)33(6)30-26)10-8-11-22-20(13-14-23(27)25(22)28)9-7-12-24-29-15-16-32(24)5;1-3-4-2/h7,12-16H,1,8-11,17H2,2-6H3;4H,3H2,1-2H3/b12-7-;. The number of benzene rings is 1. The van der Waals surface area contributed by atoms with Gasteiger partial charge in [0.05, 0.1) is 5.69 Å². The smallest absolute Gasteiger partial charge is 0.162 e. The van der Waals surface area contributed by atoms with Crippen LogP contribution < -0.4 is 5.32 Å². The molecule has 0 unspecified atom stereocenters. The van der Waals surface area contributed by atoms with E-state index in [1.54, 1.807) is 12.3 Å². The quantitative estimate of drug-likeness (QED) is 0.394. The second-order valence-corrected chi connectivity index (χ2v) is 9.44. The first-order valence-electron chi connectivity index (χ1n) is 12.7. The molecule has 3 aromatic rings. The van der Waals surface area contributed by atoms with Crippen molar-refractivity contribution < 1.29 is 8.78 Å². The fraction of sp³-hybridized carbons (Fsp3) is 0.448. The lowest BCUT2D eigenvalue weighted by Crippen LogP contribution is -2.15. The predicted molar refractivity (Wildman–Crippen MR) is 149 cm³/mol. The van der Waals surface area contributed by atoms with Crippen LogP contribution in [0.3, 0.4) is 0 Å². The fourth-order valence-electron chi connectivity index (χ4n) is 4.06. The van der Waals surface area contributed by atoms with E-state index in [4.69, 9.17) is 0 Å². The van der Waals surface area contributed by atoms with Crippen LogP contribution in [0.5, 0.6) is 0 Å². The van der Waals surface area contributed by atoms with Crippen LogP contribution in [-0.2, 0) is 33.4 Å². The Labute approximate surface area is 220 Å². The molecule has 0 aliphatic carbocycles. The largest absolute Gasteiger partial charge is 0.335 e. The monoisotopic (exact) mass is 512 g/mol. The number of allylic oxidation sites excluding steroid dienone is 1. The van der Waals surface area contributed by atoms with Crippen LogP contribution in [0.2, 0.25) is 0 Å². The molecule has 1 aromatic carbocycles. The average Bonchev–Trinajstić information content (AvgIpc) is 3.40. The van der Waals surface area contributed by atoms with Gasteiger partial charge >= 0.3 is 0 Å². The zero-order valence-corrected chi connectivity index (χ0v) is 23.4. The Kier molecular flexibility index (Phi) is 11.9. The van der Waals surface area contributed by atoms with Crippen molar-refractivity contribution in [1.82, 2.24) is 29.5 Å². The number of hydrogen-bond acceptors (Lipinski definition) is 4. The molecular formula is C29H42F2N6. The first-order chi connectivity index (χ1) is 17.6. The molecule has 0 saturated carbocycles. The second kappa shape index (κ2) is 14.6. The van der Waals surface area contributed by atoms with E-state index in [1.165, 1.54) is 6.07 Å². The predicted octanol–water partition coefficient (Wildman–Crippen LogP) is 4.97. The highest BCUT2D eigenvalue weighted by molar-refractivity contribution is 5.65. The highest BCUT2D eigenvalue weighted by Crippen LogP contribution is 2.25. The number of rotatable bonds is 11. The number of nitrogens with one attached hydrogen (secondary N) is 1. The summed E-state index contributed by atoms with van der Waals surface area (Å²) in [7, 11) is 9.76. The minimum atomic E-state index is -0.806. The normalized spacial score (nSPS) is 11.3. The molecule has 8 heteroatoms. The van der Waals surface area contributed by atoms with Gasteiger partial charge in [-0.25, -0.2) is 13.8 Å². The maximum atomic E-state index is 14.7. The van der Waals surface area contributed by atoms with E-state index in [-0.39, 0.29) is 0 Å². The molecule has 202 valence electrons. The first-order valence-corrected chi connectivity index (χ1v) is 12.7. The molecule has 3 rings (SSSR count). The highest BCUT2D eigenvalue weighted by atomic mass is 19.2. The van der Waals surface area contributed by atoms with Crippen LogP contribution in [0.25, 0.3) is 11.6 Å². The Hall–Kier alpha value is -3.10. The molecule has 6 nitrogen and oxygen atoms in total. The Morgan fingerprint density at radius 3 is 2.43 bits per heavy atom. The van der Waals surface area contributed by atoms with Gasteiger partial charge in [0.15, 0.2) is 11.6 Å². The third-order valence-electron chi connectivity index (χ3n) is 6.26. The number of likely N-dealkylation sites (N-methyl/N-ethyl adjacent to an activating group) is 1. The van der Waals surface area contributed by atoms with E-state index in [0.29, 0.717) is 31.4 Å². The summed E-state index contributed by atoms with van der Waals surface area (Å²) in [4.78, 5) is 6.32. The molecule has 0 saturated heterocycles. The number of hydrogen-bond donors (Lipinski definition) is 1. The van der Waals surface area contributed by atoms with Crippen molar-refractivity contribution >= 4 is 11.6 Å². The second-order valence-electron chi connectivity index (χ2n) is 9.44. The SMILES string of the molecule is C=C(CN(C)C)c1nn(C)c(C)c1CCCc1c(C/C=C\c2nccn2C)ccc(F)c1F.CCNC. The lowest BCUT2D eigenvalue weighted by molar-refractivity contribution is 0.462. The molecule has 0 bridgehead atoms. The Morgan fingerprint density at radius 2 is 1.84 bits per heavy atom. The maximum Gasteiger partial charge on any atom is 0.162 e. The van der Waals surface area contributed by atoms with E-state index in [1.807, 2.05) is 69.8 Å². The van der Waals surface area contributed by atoms with E-state index >= 15 is 0 Å². The molecule has 0 atom stereocenters. The molecule has 0 aliphatic rings. The summed E-state index contributed by atoms with van der Waals surface area (Å²) in [5, 5.41) is 7.58. The molecule has 2 heterocycles. The summed E-state index contributed by atoms with van der Waals surface area (Å²) in [5.74, 6) is -0.742. The van der Waals surface area contributed by atoms with Crippen molar-refractivity contribution in [1.29, 1.82) is 0 Å². The van der Waals surface area contributed by atoms with Gasteiger partial charge in [-0.1, -0.05) is 25.6 Å². The first kappa shape index (κ1) is 30.1. The topological polar surface area (TPSA) is 50.9 Å². The number of imidazole rings is 1. The van der Waals surface area contributed by atoms with E-state index in [2.05, 4.69) is 33.8 Å². The van der Waals surface area contributed by atoms with Crippen molar-refractivity contribution in [3.63, 3.8) is 0 Å². The van der Waals surface area contributed by atoms with Crippen LogP contribution in [0.15, 0.2) is 37.2 Å². The number of nitrogens with zero attached hydrogens (tertiary/aromatic N) is 5. The van der Waals surface area contributed by atoms with Gasteiger partial charge < -0.3 is 14.8 Å².